The van der Waals surface area contributed by atoms with E-state index in [0.717, 1.165) is 6.08 Å². The van der Waals surface area contributed by atoms with Crippen molar-refractivity contribution in [2.24, 2.45) is 0 Å². The maximum Gasteiger partial charge on any atom is 0.246 e. The van der Waals surface area contributed by atoms with Crippen molar-refractivity contribution in [1.82, 2.24) is 29.8 Å². The molecule has 1 fully saturated rings. The van der Waals surface area contributed by atoms with Gasteiger partial charge in [-0.3, -0.25) is 4.79 Å². The van der Waals surface area contributed by atoms with Gasteiger partial charge in [0.15, 0.2) is 11.3 Å². The zero-order valence-electron chi connectivity index (χ0n) is 25.1. The number of piperidine rings is 1. The Morgan fingerprint density at radius 1 is 1.25 bits per heavy atom. The number of allylic oxidation sites excluding steroid dienone is 1. The van der Waals surface area contributed by atoms with Gasteiger partial charge in [-0.2, -0.15) is 5.26 Å². The van der Waals surface area contributed by atoms with Crippen LogP contribution in [0, 0.1) is 29.9 Å². The lowest BCUT2D eigenvalue weighted by Gasteiger charge is -2.38. The second kappa shape index (κ2) is 13.0. The van der Waals surface area contributed by atoms with Crippen molar-refractivity contribution in [1.29, 1.82) is 5.26 Å². The normalized spacial score (nSPS) is 17.9. The molecule has 3 atom stereocenters. The fourth-order valence-electron chi connectivity index (χ4n) is 6.03. The van der Waals surface area contributed by atoms with Gasteiger partial charge < -0.3 is 14.5 Å². The second-order valence-corrected chi connectivity index (χ2v) is 11.4. The predicted molar refractivity (Wildman–Crippen MR) is 161 cm³/mol. The summed E-state index contributed by atoms with van der Waals surface area (Å²) < 4.78 is 50.8. The number of nitrogens with zero attached hydrogens (tertiary/aromatic N) is 7. The zero-order valence-corrected chi connectivity index (χ0v) is 25.1. The van der Waals surface area contributed by atoms with Crippen molar-refractivity contribution in [2.75, 3.05) is 33.9 Å². The number of carbonyl (C=O) groups excluding carboxylic acids is 1. The van der Waals surface area contributed by atoms with Gasteiger partial charge >= 0.3 is 0 Å². The van der Waals surface area contributed by atoms with Gasteiger partial charge in [0.05, 0.1) is 18.5 Å². The maximum absolute atomic E-state index is 16.5. The summed E-state index contributed by atoms with van der Waals surface area (Å²) in [5, 5.41) is 18.9. The summed E-state index contributed by atoms with van der Waals surface area (Å²) in [5.74, 6) is -1.21. The predicted octanol–water partition coefficient (Wildman–Crippen LogP) is 5.53. The summed E-state index contributed by atoms with van der Waals surface area (Å²) in [6.07, 6.45) is 3.01. The van der Waals surface area contributed by atoms with Crippen LogP contribution >= 0.6 is 0 Å². The summed E-state index contributed by atoms with van der Waals surface area (Å²) in [4.78, 5) is 20.9. The third-order valence-corrected chi connectivity index (χ3v) is 7.86. The van der Waals surface area contributed by atoms with Crippen molar-refractivity contribution in [3.8, 4) is 23.1 Å². The molecule has 3 heterocycles. The van der Waals surface area contributed by atoms with Crippen molar-refractivity contribution < 1.29 is 22.7 Å². The highest BCUT2D eigenvalue weighted by molar-refractivity contribution is 6.06. The number of amides is 1. The van der Waals surface area contributed by atoms with Gasteiger partial charge in [-0.1, -0.05) is 17.3 Å². The maximum atomic E-state index is 16.5. The van der Waals surface area contributed by atoms with Gasteiger partial charge in [0.25, 0.3) is 0 Å². The Kier molecular flexibility index (Phi) is 9.15. The highest BCUT2D eigenvalue weighted by Gasteiger charge is 2.34. The van der Waals surface area contributed by atoms with Gasteiger partial charge in [-0.05, 0) is 76.2 Å². The van der Waals surface area contributed by atoms with E-state index in [-0.39, 0.29) is 35.9 Å². The molecule has 1 aliphatic heterocycles. The molecule has 1 aliphatic rings. The Hall–Kier alpha value is -4.50. The smallest absolute Gasteiger partial charge is 0.246 e. The molecule has 2 aromatic heterocycles. The van der Waals surface area contributed by atoms with E-state index in [2.05, 4.69) is 21.4 Å². The van der Waals surface area contributed by atoms with Crippen LogP contribution in [0.2, 0.25) is 0 Å². The summed E-state index contributed by atoms with van der Waals surface area (Å²) in [7, 11) is 3.83. The number of benzene rings is 2. The van der Waals surface area contributed by atoms with Gasteiger partial charge in [0.2, 0.25) is 11.8 Å². The number of rotatable bonds is 9. The molecular weight excluding hydrogens is 571 g/mol. The van der Waals surface area contributed by atoms with Gasteiger partial charge in [-0.25, -0.2) is 22.8 Å². The first-order chi connectivity index (χ1) is 21.1. The fraction of sp³-hybridized carbons (Fsp3) is 0.406. The summed E-state index contributed by atoms with van der Waals surface area (Å²) >= 11 is 0. The Balaban J connectivity index is 1.66. The molecular formula is C32H34F3N7O2. The lowest BCUT2D eigenvalue weighted by atomic mass is 9.94. The van der Waals surface area contributed by atoms with Gasteiger partial charge in [0.1, 0.15) is 29.6 Å². The summed E-state index contributed by atoms with van der Waals surface area (Å²) in [6, 6.07) is 8.91. The van der Waals surface area contributed by atoms with E-state index in [1.807, 2.05) is 32.0 Å². The first-order valence-corrected chi connectivity index (χ1v) is 14.5. The Morgan fingerprint density at radius 2 is 2.00 bits per heavy atom. The molecule has 2 aromatic carbocycles. The number of fused-ring (bicyclic) bond motifs is 3. The number of likely N-dealkylation sites (tertiary alicyclic amines) is 1. The van der Waals surface area contributed by atoms with E-state index in [9.17, 15) is 18.8 Å². The average molecular weight is 606 g/mol. The molecule has 230 valence electrons. The number of nitriles is 1. The molecule has 0 bridgehead atoms. The highest BCUT2D eigenvalue weighted by Crippen LogP contribution is 2.39. The number of carbonyl (C=O) groups is 1. The van der Waals surface area contributed by atoms with Crippen LogP contribution in [-0.4, -0.2) is 81.7 Å². The molecule has 1 saturated heterocycles. The van der Waals surface area contributed by atoms with Crippen molar-refractivity contribution in [3.05, 3.63) is 59.7 Å². The minimum Gasteiger partial charge on any atom is -0.472 e. The standard InChI is InChI=1S/C32H34F3N7O2/c1-19-16-25-29(28(35)27(19)21-7-9-22(34)10-8-21)37-32(44-20(2)18-40(3)4)30-31(25)42(39-38-30)24-12-15-41(23(17-24)11-14-36)26(43)6-5-13-33/h5-10,16,20,23-24H,11-13,15,17-18H2,1-4H3/b6-5+/t20-,23+,24-/m0/s1. The molecule has 0 saturated carbocycles. The van der Waals surface area contributed by atoms with E-state index < -0.39 is 24.4 Å². The van der Waals surface area contributed by atoms with E-state index in [0.29, 0.717) is 59.0 Å². The SMILES string of the molecule is Cc1cc2c(nc(O[C@@H](C)CN(C)C)c3nnn([C@H]4CCN(C(=O)/C=C/CF)[C@H](CC#N)C4)c32)c(F)c1-c1ccc(F)cc1. The molecule has 0 spiro atoms. The molecule has 1 amide bonds. The van der Waals surface area contributed by atoms with Crippen LogP contribution in [0.4, 0.5) is 13.2 Å². The van der Waals surface area contributed by atoms with Gasteiger partial charge in [0, 0.05) is 36.2 Å². The number of aromatic nitrogens is 4. The number of likely N-dealkylation sites (N-methyl/N-ethyl adjacent to an activating group) is 1. The van der Waals surface area contributed by atoms with Gasteiger partial charge in [-0.15, -0.1) is 5.10 Å². The average Bonchev–Trinajstić information content (AvgIpc) is 3.43. The monoisotopic (exact) mass is 605 g/mol. The number of hydrogen-bond acceptors (Lipinski definition) is 7. The fourth-order valence-corrected chi connectivity index (χ4v) is 6.03. The lowest BCUT2D eigenvalue weighted by molar-refractivity contribution is -0.130. The molecule has 44 heavy (non-hydrogen) atoms. The minimum absolute atomic E-state index is 0.0653. The van der Waals surface area contributed by atoms with Crippen molar-refractivity contribution in [2.45, 2.75) is 51.3 Å². The van der Waals surface area contributed by atoms with Crippen LogP contribution in [0.1, 0.15) is 37.8 Å². The Bertz CT molecular complexity index is 1750. The molecule has 0 radical (unpaired) electrons. The molecule has 5 rings (SSSR count). The number of halogens is 3. The largest absolute Gasteiger partial charge is 0.472 e. The number of alkyl halides is 1. The highest BCUT2D eigenvalue weighted by atomic mass is 19.1. The first kappa shape index (κ1) is 30.9. The Morgan fingerprint density at radius 3 is 2.68 bits per heavy atom. The van der Waals surface area contributed by atoms with Crippen LogP contribution < -0.4 is 4.74 Å². The number of aryl methyl sites for hydroxylation is 1. The van der Waals surface area contributed by atoms with Crippen molar-refractivity contribution in [3.63, 3.8) is 0 Å². The number of hydrogen-bond donors (Lipinski definition) is 0. The minimum atomic E-state index is -0.756. The van der Waals surface area contributed by atoms with Crippen LogP contribution in [0.3, 0.4) is 0 Å². The molecule has 0 N–H and O–H groups in total. The van der Waals surface area contributed by atoms with Crippen LogP contribution in [-0.2, 0) is 4.79 Å². The number of pyridine rings is 1. The number of ether oxygens (including phenoxy) is 1. The molecule has 12 heteroatoms. The molecule has 0 aliphatic carbocycles. The van der Waals surface area contributed by atoms with E-state index in [1.165, 1.54) is 30.3 Å². The molecule has 4 aromatic rings. The van der Waals surface area contributed by atoms with E-state index in [4.69, 9.17) is 4.74 Å². The molecule has 0 unspecified atom stereocenters. The second-order valence-electron chi connectivity index (χ2n) is 11.4. The zero-order chi connectivity index (χ0) is 31.5. The lowest BCUT2D eigenvalue weighted by Crippen LogP contribution is -2.46. The molecule has 9 nitrogen and oxygen atoms in total. The van der Waals surface area contributed by atoms with E-state index >= 15 is 4.39 Å². The quantitative estimate of drug-likeness (QED) is 0.231. The topological polar surface area (TPSA) is 100 Å². The third-order valence-electron chi connectivity index (χ3n) is 7.86. The van der Waals surface area contributed by atoms with Crippen LogP contribution in [0.15, 0.2) is 42.5 Å². The summed E-state index contributed by atoms with van der Waals surface area (Å²) in [5.41, 5.74) is 2.41. The van der Waals surface area contributed by atoms with Crippen LogP contribution in [0.5, 0.6) is 5.88 Å². The van der Waals surface area contributed by atoms with Crippen molar-refractivity contribution >= 4 is 27.8 Å². The first-order valence-electron chi connectivity index (χ1n) is 14.5. The Labute approximate surface area is 253 Å². The third kappa shape index (κ3) is 6.10. The van der Waals surface area contributed by atoms with Crippen LogP contribution in [0.25, 0.3) is 33.1 Å². The van der Waals surface area contributed by atoms with E-state index in [1.54, 1.807) is 16.5 Å². The summed E-state index contributed by atoms with van der Waals surface area (Å²) in [6.45, 7) is 3.80.